The highest BCUT2D eigenvalue weighted by molar-refractivity contribution is 6.00. The molecule has 3 saturated heterocycles. The lowest BCUT2D eigenvalue weighted by Crippen LogP contribution is -2.71. The monoisotopic (exact) mass is 581 g/mol. The zero-order chi connectivity index (χ0) is 29.7. The van der Waals surface area contributed by atoms with E-state index in [2.05, 4.69) is 33.5 Å². The second kappa shape index (κ2) is 9.25. The van der Waals surface area contributed by atoms with E-state index in [9.17, 15) is 19.5 Å². The van der Waals surface area contributed by atoms with Crippen LogP contribution >= 0.6 is 0 Å². The lowest BCUT2D eigenvalue weighted by atomic mass is 9.79. The fourth-order valence-corrected chi connectivity index (χ4v) is 8.12. The van der Waals surface area contributed by atoms with E-state index < -0.39 is 35.5 Å². The average molecular weight is 582 g/mol. The van der Waals surface area contributed by atoms with Gasteiger partial charge in [-0.05, 0) is 61.6 Å². The van der Waals surface area contributed by atoms with Crippen molar-refractivity contribution in [3.63, 3.8) is 0 Å². The Morgan fingerprint density at radius 1 is 1.16 bits per heavy atom. The van der Waals surface area contributed by atoms with Crippen molar-refractivity contribution in [2.45, 2.75) is 62.4 Å². The summed E-state index contributed by atoms with van der Waals surface area (Å²) in [5.74, 6) is -3.77. The molecule has 222 valence electrons. The molecular weight excluding hydrogens is 546 g/mol. The Kier molecular flexibility index (Phi) is 5.73. The first-order chi connectivity index (χ1) is 20.7. The summed E-state index contributed by atoms with van der Waals surface area (Å²) in [6, 6.07) is 14.1. The molecule has 3 fully saturated rings. The number of nitrogens with one attached hydrogen (secondary N) is 2. The van der Waals surface area contributed by atoms with Crippen molar-refractivity contribution >= 4 is 34.2 Å². The molecule has 3 aromatic rings. The van der Waals surface area contributed by atoms with Crippen LogP contribution in [0.3, 0.4) is 0 Å². The van der Waals surface area contributed by atoms with Crippen molar-refractivity contribution in [2.75, 3.05) is 20.1 Å². The minimum Gasteiger partial charge on any atom is -0.361 e. The minimum absolute atomic E-state index is 0.144. The Hall–Kier alpha value is -3.99. The summed E-state index contributed by atoms with van der Waals surface area (Å²) in [6.45, 7) is 2.45. The van der Waals surface area contributed by atoms with Gasteiger partial charge in [0.1, 0.15) is 12.1 Å². The van der Waals surface area contributed by atoms with Crippen molar-refractivity contribution < 1.29 is 24.2 Å². The van der Waals surface area contributed by atoms with E-state index in [1.54, 1.807) is 4.90 Å². The van der Waals surface area contributed by atoms with Gasteiger partial charge in [-0.1, -0.05) is 48.5 Å². The Morgan fingerprint density at radius 3 is 2.79 bits per heavy atom. The van der Waals surface area contributed by atoms with Gasteiger partial charge in [-0.2, -0.15) is 0 Å². The first kappa shape index (κ1) is 26.6. The molecule has 3 N–H and O–H groups in total. The van der Waals surface area contributed by atoms with E-state index in [0.717, 1.165) is 28.6 Å². The van der Waals surface area contributed by atoms with E-state index in [1.165, 1.54) is 22.8 Å². The highest BCUT2D eigenvalue weighted by atomic mass is 16.7. The maximum atomic E-state index is 14.2. The Morgan fingerprint density at radius 2 is 1.98 bits per heavy atom. The molecule has 1 aliphatic carbocycles. The summed E-state index contributed by atoms with van der Waals surface area (Å²) in [7, 11) is 2.02. The highest BCUT2D eigenvalue weighted by Crippen LogP contribution is 2.46. The molecule has 10 heteroatoms. The van der Waals surface area contributed by atoms with Gasteiger partial charge in [-0.25, -0.2) is 0 Å². The minimum atomic E-state index is -2.04. The summed E-state index contributed by atoms with van der Waals surface area (Å²) in [4.78, 5) is 50.2. The quantitative estimate of drug-likeness (QED) is 0.434. The molecule has 0 unspecified atom stereocenters. The van der Waals surface area contributed by atoms with E-state index in [-0.39, 0.29) is 24.3 Å². The van der Waals surface area contributed by atoms with Crippen LogP contribution in [-0.2, 0) is 32.0 Å². The summed E-state index contributed by atoms with van der Waals surface area (Å²) in [5.41, 5.74) is 3.58. The van der Waals surface area contributed by atoms with Crippen LogP contribution in [0.25, 0.3) is 16.5 Å². The third-order valence-corrected chi connectivity index (χ3v) is 10.1. The van der Waals surface area contributed by atoms with Gasteiger partial charge in [-0.3, -0.25) is 28.9 Å². The van der Waals surface area contributed by atoms with Gasteiger partial charge in [0.15, 0.2) is 0 Å². The molecule has 10 nitrogen and oxygen atoms in total. The number of benzene rings is 2. The number of aromatic nitrogens is 1. The normalized spacial score (nSPS) is 33.3. The van der Waals surface area contributed by atoms with Crippen molar-refractivity contribution in [3.8, 4) is 0 Å². The predicted octanol–water partition coefficient (Wildman–Crippen LogP) is 1.99. The Labute approximate surface area is 249 Å². The summed E-state index contributed by atoms with van der Waals surface area (Å²) >= 11 is 0. The van der Waals surface area contributed by atoms with E-state index in [4.69, 9.17) is 4.74 Å². The van der Waals surface area contributed by atoms with Crippen molar-refractivity contribution in [2.24, 2.45) is 5.92 Å². The summed E-state index contributed by atoms with van der Waals surface area (Å²) < 4.78 is 6.23. The number of carbonyl (C=O) groups is 3. The predicted molar refractivity (Wildman–Crippen MR) is 158 cm³/mol. The summed E-state index contributed by atoms with van der Waals surface area (Å²) in [5, 5.41) is 16.1. The fraction of sp³-hybridized carbons (Fsp3) is 0.424. The third kappa shape index (κ3) is 3.79. The molecule has 0 radical (unpaired) electrons. The van der Waals surface area contributed by atoms with Gasteiger partial charge in [0.05, 0.1) is 5.92 Å². The number of carbonyl (C=O) groups excluding carboxylic acids is 3. The molecule has 4 aliphatic heterocycles. The molecule has 6 atom stereocenters. The SMILES string of the molecule is CN1C[C@@H](C(=O)N[C@@]2(C)O[C@@]3(O)[C@H]4CCCN4C(=O)[C@H](Cc4ccccc4)N3C2=O)C=C2c3cccc4[nH]cc(c34)C[C@@H]21. The summed E-state index contributed by atoms with van der Waals surface area (Å²) in [6.07, 6.45) is 6.38. The first-order valence-electron chi connectivity index (χ1n) is 15.1. The number of aromatic amines is 1. The molecule has 5 heterocycles. The van der Waals surface area contributed by atoms with Crippen LogP contribution in [0.15, 0.2) is 60.8 Å². The number of fused-ring (bicyclic) bond motifs is 5. The molecule has 43 heavy (non-hydrogen) atoms. The zero-order valence-electron chi connectivity index (χ0n) is 24.2. The van der Waals surface area contributed by atoms with Crippen LogP contribution in [-0.4, -0.2) is 92.4 Å². The Bertz CT molecular complexity index is 1700. The van der Waals surface area contributed by atoms with Crippen molar-refractivity contribution in [1.82, 2.24) is 25.0 Å². The number of H-pyrrole nitrogens is 1. The molecule has 2 aromatic carbocycles. The number of likely N-dealkylation sites (N-methyl/N-ethyl adjacent to an activating group) is 1. The molecule has 0 saturated carbocycles. The van der Waals surface area contributed by atoms with Gasteiger partial charge < -0.3 is 20.3 Å². The lowest BCUT2D eigenvalue weighted by molar-refractivity contribution is -0.315. The topological polar surface area (TPSA) is 118 Å². The van der Waals surface area contributed by atoms with E-state index in [0.29, 0.717) is 25.9 Å². The first-order valence-corrected chi connectivity index (χ1v) is 15.1. The standard InChI is InChI=1S/C33H35N5O5/c1-32(35-29(39)21-15-23-22-10-6-11-24-28(22)20(17-34-24)16-25(23)36(2)18-21)31(41)38-26(14-19-8-4-3-5-9-19)30(40)37-13-7-12-27(37)33(38,42)43-32/h3-6,8-11,15,17,21,25-27,34,42H,7,12-14,16,18H2,1-2H3,(H,35,39)/t21-,25-,26-,27+,32-,33-/m0/s1. The number of rotatable bonds is 4. The van der Waals surface area contributed by atoms with Crippen LogP contribution < -0.4 is 5.32 Å². The van der Waals surface area contributed by atoms with Crippen LogP contribution in [0, 0.1) is 5.92 Å². The van der Waals surface area contributed by atoms with Crippen LogP contribution in [0.4, 0.5) is 0 Å². The van der Waals surface area contributed by atoms with Crippen LogP contribution in [0.2, 0.25) is 0 Å². The number of ether oxygens (including phenoxy) is 1. The van der Waals surface area contributed by atoms with Gasteiger partial charge >= 0.3 is 0 Å². The largest absolute Gasteiger partial charge is 0.361 e. The molecular formula is C33H35N5O5. The molecule has 0 spiro atoms. The highest BCUT2D eigenvalue weighted by Gasteiger charge is 2.70. The number of aliphatic hydroxyl groups is 1. The van der Waals surface area contributed by atoms with Gasteiger partial charge in [0, 0.05) is 42.7 Å². The average Bonchev–Trinajstić information content (AvgIpc) is 3.70. The molecule has 1 aromatic heterocycles. The maximum absolute atomic E-state index is 14.2. The molecule has 8 rings (SSSR count). The lowest BCUT2D eigenvalue weighted by Gasteiger charge is -2.48. The second-order valence-electron chi connectivity index (χ2n) is 12.8. The van der Waals surface area contributed by atoms with Crippen LogP contribution in [0.1, 0.15) is 36.5 Å². The van der Waals surface area contributed by atoms with Gasteiger partial charge in [0.25, 0.3) is 11.8 Å². The van der Waals surface area contributed by atoms with Crippen molar-refractivity contribution in [1.29, 1.82) is 0 Å². The number of hydrogen-bond acceptors (Lipinski definition) is 6. The number of hydrogen-bond donors (Lipinski definition) is 3. The molecule has 5 aliphatic rings. The number of piperazine rings is 1. The molecule has 0 bridgehead atoms. The molecule has 3 amide bonds. The van der Waals surface area contributed by atoms with Gasteiger partial charge in [-0.15, -0.1) is 0 Å². The fourth-order valence-electron chi connectivity index (χ4n) is 8.12. The third-order valence-electron chi connectivity index (χ3n) is 10.1. The smallest absolute Gasteiger partial charge is 0.280 e. The van der Waals surface area contributed by atoms with E-state index in [1.807, 2.05) is 49.5 Å². The maximum Gasteiger partial charge on any atom is 0.280 e. The second-order valence-corrected chi connectivity index (χ2v) is 12.8. The van der Waals surface area contributed by atoms with Crippen LogP contribution in [0.5, 0.6) is 0 Å². The van der Waals surface area contributed by atoms with E-state index >= 15 is 0 Å². The number of amides is 3. The Balaban J connectivity index is 1.11. The van der Waals surface area contributed by atoms with Gasteiger partial charge in [0.2, 0.25) is 17.5 Å². The zero-order valence-corrected chi connectivity index (χ0v) is 24.2. The number of nitrogens with zero attached hydrogens (tertiary/aromatic N) is 3. The van der Waals surface area contributed by atoms with Crippen molar-refractivity contribution in [3.05, 3.63) is 77.5 Å².